The van der Waals surface area contributed by atoms with E-state index in [4.69, 9.17) is 0 Å². The number of aryl methyl sites for hydroxylation is 1. The van der Waals surface area contributed by atoms with Crippen LogP contribution in [0.15, 0.2) is 24.3 Å². The Morgan fingerprint density at radius 2 is 1.43 bits per heavy atom. The van der Waals surface area contributed by atoms with Crippen molar-refractivity contribution in [3.63, 3.8) is 0 Å². The van der Waals surface area contributed by atoms with Crippen molar-refractivity contribution in [1.29, 1.82) is 0 Å². The van der Waals surface area contributed by atoms with Gasteiger partial charge in [0.2, 0.25) is 0 Å². The molecular weight excluding hydrogens is 168 g/mol. The fourth-order valence-corrected chi connectivity index (χ4v) is 2.45. The largest absolute Gasteiger partial charge is 0.0590 e. The van der Waals surface area contributed by atoms with Crippen LogP contribution in [0.4, 0.5) is 0 Å². The van der Waals surface area contributed by atoms with E-state index in [1.807, 2.05) is 0 Å². The van der Waals surface area contributed by atoms with Crippen molar-refractivity contribution in [2.75, 3.05) is 0 Å². The molecule has 0 spiro atoms. The van der Waals surface area contributed by atoms with Gasteiger partial charge >= 0.3 is 0 Å². The summed E-state index contributed by atoms with van der Waals surface area (Å²) in [7, 11) is 0. The van der Waals surface area contributed by atoms with E-state index in [0.29, 0.717) is 0 Å². The lowest BCUT2D eigenvalue weighted by Crippen LogP contribution is -1.96. The highest BCUT2D eigenvalue weighted by Gasteiger charge is 2.13. The van der Waals surface area contributed by atoms with Crippen LogP contribution in [0.5, 0.6) is 0 Å². The lowest BCUT2D eigenvalue weighted by Gasteiger charge is -2.14. The zero-order valence-electron chi connectivity index (χ0n) is 9.13. The fourth-order valence-electron chi connectivity index (χ4n) is 2.45. The third-order valence-electron chi connectivity index (χ3n) is 3.40. The van der Waals surface area contributed by atoms with Crippen molar-refractivity contribution in [3.8, 4) is 0 Å². The molecule has 0 radical (unpaired) electrons. The van der Waals surface area contributed by atoms with Crippen LogP contribution < -0.4 is 0 Å². The van der Waals surface area contributed by atoms with Crippen LogP contribution in [0, 0.1) is 6.92 Å². The summed E-state index contributed by atoms with van der Waals surface area (Å²) in [4.78, 5) is 0. The van der Waals surface area contributed by atoms with E-state index in [1.165, 1.54) is 44.1 Å². The molecule has 1 aliphatic carbocycles. The van der Waals surface area contributed by atoms with Gasteiger partial charge in [-0.15, -0.1) is 0 Å². The summed E-state index contributed by atoms with van der Waals surface area (Å²) in [6.07, 6.45) is 8.56. The Hall–Kier alpha value is -0.780. The first-order chi connectivity index (χ1) is 6.86. The Morgan fingerprint density at radius 3 is 2.00 bits per heavy atom. The van der Waals surface area contributed by atoms with Gasteiger partial charge in [0.1, 0.15) is 0 Å². The van der Waals surface area contributed by atoms with E-state index in [-0.39, 0.29) is 0 Å². The molecule has 1 aliphatic rings. The normalized spacial score (nSPS) is 19.2. The maximum absolute atomic E-state index is 2.32. The predicted octanol–water partition coefficient (Wildman–Crippen LogP) is 4.43. The van der Waals surface area contributed by atoms with Crippen molar-refractivity contribution in [2.24, 2.45) is 0 Å². The van der Waals surface area contributed by atoms with E-state index in [2.05, 4.69) is 31.2 Å². The first-order valence-electron chi connectivity index (χ1n) is 5.93. The standard InChI is InChI=1S/C14H20/c1-12-8-10-14(11-9-12)13-6-4-2-3-5-7-13/h8-11,13H,2-7H2,1H3. The van der Waals surface area contributed by atoms with Crippen molar-refractivity contribution >= 4 is 0 Å². The Morgan fingerprint density at radius 1 is 0.857 bits per heavy atom. The highest BCUT2D eigenvalue weighted by Crippen LogP contribution is 2.31. The first kappa shape index (κ1) is 9.76. The Bertz CT molecular complexity index is 263. The maximum Gasteiger partial charge on any atom is -0.0162 e. The number of benzene rings is 1. The minimum atomic E-state index is 0.845. The highest BCUT2D eigenvalue weighted by molar-refractivity contribution is 5.24. The van der Waals surface area contributed by atoms with Gasteiger partial charge in [0, 0.05) is 0 Å². The van der Waals surface area contributed by atoms with Gasteiger partial charge < -0.3 is 0 Å². The molecule has 1 aromatic carbocycles. The minimum Gasteiger partial charge on any atom is -0.0590 e. The minimum absolute atomic E-state index is 0.845. The van der Waals surface area contributed by atoms with Gasteiger partial charge in [-0.1, -0.05) is 55.5 Å². The van der Waals surface area contributed by atoms with Crippen molar-refractivity contribution in [2.45, 2.75) is 51.4 Å². The molecule has 2 rings (SSSR count). The molecular formula is C14H20. The summed E-state index contributed by atoms with van der Waals surface area (Å²) in [6, 6.07) is 9.15. The van der Waals surface area contributed by atoms with Gasteiger partial charge in [-0.3, -0.25) is 0 Å². The smallest absolute Gasteiger partial charge is 0.0162 e. The van der Waals surface area contributed by atoms with Gasteiger partial charge in [-0.25, -0.2) is 0 Å². The Kier molecular flexibility index (Phi) is 3.23. The summed E-state index contributed by atoms with van der Waals surface area (Å²) in [6.45, 7) is 2.16. The van der Waals surface area contributed by atoms with Crippen LogP contribution in [0.3, 0.4) is 0 Å². The third kappa shape index (κ3) is 2.37. The monoisotopic (exact) mass is 188 g/mol. The summed E-state index contributed by atoms with van der Waals surface area (Å²) < 4.78 is 0. The molecule has 1 saturated carbocycles. The first-order valence-corrected chi connectivity index (χ1v) is 5.93. The van der Waals surface area contributed by atoms with Crippen LogP contribution in [-0.4, -0.2) is 0 Å². The summed E-state index contributed by atoms with van der Waals surface area (Å²) >= 11 is 0. The zero-order valence-corrected chi connectivity index (χ0v) is 9.13. The molecule has 0 aromatic heterocycles. The van der Waals surface area contributed by atoms with Gasteiger partial charge in [0.15, 0.2) is 0 Å². The van der Waals surface area contributed by atoms with Crippen molar-refractivity contribution in [1.82, 2.24) is 0 Å². The van der Waals surface area contributed by atoms with Crippen LogP contribution >= 0.6 is 0 Å². The van der Waals surface area contributed by atoms with E-state index in [1.54, 1.807) is 5.56 Å². The summed E-state index contributed by atoms with van der Waals surface area (Å²) in [5, 5.41) is 0. The second kappa shape index (κ2) is 4.63. The molecule has 0 atom stereocenters. The molecule has 0 nitrogen and oxygen atoms in total. The molecule has 0 saturated heterocycles. The van der Waals surface area contributed by atoms with Gasteiger partial charge in [-0.05, 0) is 31.2 Å². The number of hydrogen-bond acceptors (Lipinski definition) is 0. The van der Waals surface area contributed by atoms with E-state index >= 15 is 0 Å². The average Bonchev–Trinajstić information content (AvgIpc) is 2.47. The number of hydrogen-bond donors (Lipinski definition) is 0. The quantitative estimate of drug-likeness (QED) is 0.572. The van der Waals surface area contributed by atoms with E-state index < -0.39 is 0 Å². The third-order valence-corrected chi connectivity index (χ3v) is 3.40. The zero-order chi connectivity index (χ0) is 9.80. The predicted molar refractivity (Wildman–Crippen MR) is 61.6 cm³/mol. The lowest BCUT2D eigenvalue weighted by molar-refractivity contribution is 0.592. The lowest BCUT2D eigenvalue weighted by atomic mass is 9.91. The molecule has 1 aromatic rings. The van der Waals surface area contributed by atoms with Gasteiger partial charge in [0.05, 0.1) is 0 Å². The molecule has 1 fully saturated rings. The fraction of sp³-hybridized carbons (Fsp3) is 0.571. The molecule has 0 unspecified atom stereocenters. The van der Waals surface area contributed by atoms with E-state index in [0.717, 1.165) is 5.92 Å². The maximum atomic E-state index is 2.32. The van der Waals surface area contributed by atoms with Gasteiger partial charge in [-0.2, -0.15) is 0 Å². The molecule has 0 amide bonds. The molecule has 0 heterocycles. The Balaban J connectivity index is 2.08. The SMILES string of the molecule is Cc1ccc(C2CCCCCC2)cc1. The topological polar surface area (TPSA) is 0 Å². The highest BCUT2D eigenvalue weighted by atomic mass is 14.2. The molecule has 76 valence electrons. The number of rotatable bonds is 1. The van der Waals surface area contributed by atoms with Gasteiger partial charge in [0.25, 0.3) is 0 Å². The Labute approximate surface area is 87.3 Å². The molecule has 14 heavy (non-hydrogen) atoms. The summed E-state index contributed by atoms with van der Waals surface area (Å²) in [5.41, 5.74) is 2.94. The van der Waals surface area contributed by atoms with Crippen molar-refractivity contribution in [3.05, 3.63) is 35.4 Å². The van der Waals surface area contributed by atoms with Crippen molar-refractivity contribution < 1.29 is 0 Å². The van der Waals surface area contributed by atoms with Crippen LogP contribution in [0.2, 0.25) is 0 Å². The average molecular weight is 188 g/mol. The molecule has 0 bridgehead atoms. The molecule has 0 N–H and O–H groups in total. The molecule has 0 aliphatic heterocycles. The van der Waals surface area contributed by atoms with Crippen LogP contribution in [0.1, 0.15) is 55.6 Å². The summed E-state index contributed by atoms with van der Waals surface area (Å²) in [5.74, 6) is 0.845. The second-order valence-electron chi connectivity index (χ2n) is 4.60. The van der Waals surface area contributed by atoms with Crippen LogP contribution in [0.25, 0.3) is 0 Å². The van der Waals surface area contributed by atoms with Crippen LogP contribution in [-0.2, 0) is 0 Å². The molecule has 0 heteroatoms. The second-order valence-corrected chi connectivity index (χ2v) is 4.60. The van der Waals surface area contributed by atoms with E-state index in [9.17, 15) is 0 Å².